The lowest BCUT2D eigenvalue weighted by Gasteiger charge is -2.45. The lowest BCUT2D eigenvalue weighted by molar-refractivity contribution is -0.179. The molecule has 0 saturated carbocycles. The lowest BCUT2D eigenvalue weighted by atomic mass is 9.81. The van der Waals surface area contributed by atoms with Gasteiger partial charge in [0.1, 0.15) is 34.4 Å². The van der Waals surface area contributed by atoms with Gasteiger partial charge in [0.2, 0.25) is 0 Å². The first-order valence-electron chi connectivity index (χ1n) is 11.1. The zero-order chi connectivity index (χ0) is 25.3. The highest BCUT2D eigenvalue weighted by atomic mass is 19.1. The number of pyridine rings is 2. The van der Waals surface area contributed by atoms with Gasteiger partial charge in [-0.15, -0.1) is 0 Å². The van der Waals surface area contributed by atoms with Crippen LogP contribution >= 0.6 is 0 Å². The molecule has 4 atom stereocenters. The van der Waals surface area contributed by atoms with Gasteiger partial charge in [-0.25, -0.2) is 18.2 Å². The molecule has 0 spiro atoms. The number of hydrogen-bond donors (Lipinski definition) is 3. The summed E-state index contributed by atoms with van der Waals surface area (Å²) in [5, 5.41) is 13.4. The number of anilines is 1. The summed E-state index contributed by atoms with van der Waals surface area (Å²) in [4.78, 5) is 20.9. The van der Waals surface area contributed by atoms with Crippen molar-refractivity contribution in [1.82, 2.24) is 9.97 Å². The van der Waals surface area contributed by atoms with Gasteiger partial charge in [-0.2, -0.15) is 0 Å². The second-order valence-electron chi connectivity index (χ2n) is 8.63. The number of nitrogens with zero attached hydrogens (tertiary/aromatic N) is 2. The first-order chi connectivity index (χ1) is 16.6. The molecule has 0 radical (unpaired) electrons. The third kappa shape index (κ3) is 4.77. The van der Waals surface area contributed by atoms with Crippen LogP contribution in [0.2, 0.25) is 0 Å². The number of hydrogen-bond acceptors (Lipinski definition) is 6. The molecule has 4 rings (SSSR count). The number of ether oxygens (including phenoxy) is 1. The number of benzene rings is 1. The molecule has 1 aliphatic rings. The quantitative estimate of drug-likeness (QED) is 0.500. The Bertz CT molecular complexity index is 1230. The molecular formula is C25H25F3N4O3. The van der Waals surface area contributed by atoms with Crippen molar-refractivity contribution in [2.24, 2.45) is 5.73 Å². The summed E-state index contributed by atoms with van der Waals surface area (Å²) in [5.41, 5.74) is 4.36. The number of nitrogens with two attached hydrogens (primary N) is 1. The summed E-state index contributed by atoms with van der Waals surface area (Å²) in [5.74, 6) is -3.72. The number of aliphatic hydroxyl groups is 1. The third-order valence-corrected chi connectivity index (χ3v) is 6.30. The Morgan fingerprint density at radius 2 is 1.91 bits per heavy atom. The van der Waals surface area contributed by atoms with Crippen molar-refractivity contribution in [2.45, 2.75) is 50.5 Å². The smallest absolute Gasteiger partial charge is 0.274 e. The molecule has 0 bridgehead atoms. The summed E-state index contributed by atoms with van der Waals surface area (Å²) in [6.07, 6.45) is 2.71. The Kier molecular flexibility index (Phi) is 6.88. The number of nitrogens with one attached hydrogen (secondary N) is 1. The number of rotatable bonds is 5. The van der Waals surface area contributed by atoms with E-state index in [1.165, 1.54) is 12.4 Å². The molecular weight excluding hydrogens is 461 g/mol. The fourth-order valence-corrected chi connectivity index (χ4v) is 4.25. The molecule has 3 heterocycles. The highest BCUT2D eigenvalue weighted by Gasteiger charge is 2.45. The van der Waals surface area contributed by atoms with Crippen molar-refractivity contribution in [3.05, 3.63) is 77.5 Å². The third-order valence-electron chi connectivity index (χ3n) is 6.30. The average Bonchev–Trinajstić information content (AvgIpc) is 2.82. The maximum atomic E-state index is 14.4. The topological polar surface area (TPSA) is 110 Å². The predicted octanol–water partition coefficient (Wildman–Crippen LogP) is 4.13. The van der Waals surface area contributed by atoms with Gasteiger partial charge in [-0.05, 0) is 50.1 Å². The molecule has 3 aromatic rings. The molecule has 35 heavy (non-hydrogen) atoms. The van der Waals surface area contributed by atoms with Crippen LogP contribution in [0, 0.1) is 17.5 Å². The SMILES string of the molecule is CC[C@@H]1O[C@H](c2ccncc2NC(=O)c2ccc(F)c(-c3c(F)cccc3F)n2)C[C@H](N)[C@@]1(C)O. The largest absolute Gasteiger partial charge is 0.386 e. The van der Waals surface area contributed by atoms with Gasteiger partial charge in [0, 0.05) is 17.8 Å². The van der Waals surface area contributed by atoms with E-state index in [0.717, 1.165) is 30.3 Å². The van der Waals surface area contributed by atoms with Crippen LogP contribution in [0.4, 0.5) is 18.9 Å². The van der Waals surface area contributed by atoms with Crippen LogP contribution in [0.25, 0.3) is 11.3 Å². The van der Waals surface area contributed by atoms with E-state index in [-0.39, 0.29) is 5.69 Å². The monoisotopic (exact) mass is 486 g/mol. The normalized spacial score (nSPS) is 24.3. The highest BCUT2D eigenvalue weighted by Crippen LogP contribution is 2.39. The Morgan fingerprint density at radius 1 is 1.20 bits per heavy atom. The van der Waals surface area contributed by atoms with Gasteiger partial charge in [-0.3, -0.25) is 9.78 Å². The van der Waals surface area contributed by atoms with Gasteiger partial charge in [0.15, 0.2) is 0 Å². The number of halogens is 3. The summed E-state index contributed by atoms with van der Waals surface area (Å²) >= 11 is 0. The van der Waals surface area contributed by atoms with E-state index in [0.29, 0.717) is 24.1 Å². The lowest BCUT2D eigenvalue weighted by Crippen LogP contribution is -2.58. The minimum atomic E-state index is -1.21. The van der Waals surface area contributed by atoms with Crippen LogP contribution < -0.4 is 11.1 Å². The standard InChI is InChI=1S/C25H25F3N4O3/c1-3-21-25(2,34)20(29)11-19(35-21)13-9-10-30-12-18(13)32-24(33)17-8-7-16(28)23(31-17)22-14(26)5-4-6-15(22)27/h4-10,12,19-21,34H,3,11,29H2,1-2H3,(H,32,33)/t19-,20-,21-,25+/m0/s1. The average molecular weight is 486 g/mol. The summed E-state index contributed by atoms with van der Waals surface area (Å²) in [6.45, 7) is 3.51. The molecule has 0 unspecified atom stereocenters. The van der Waals surface area contributed by atoms with Gasteiger partial charge < -0.3 is 20.9 Å². The van der Waals surface area contributed by atoms with Crippen LogP contribution in [0.5, 0.6) is 0 Å². The Hall–Kier alpha value is -3.34. The minimum absolute atomic E-state index is 0.255. The van der Waals surface area contributed by atoms with Crippen molar-refractivity contribution in [1.29, 1.82) is 0 Å². The van der Waals surface area contributed by atoms with Crippen LogP contribution in [-0.4, -0.2) is 38.7 Å². The van der Waals surface area contributed by atoms with Gasteiger partial charge in [0.25, 0.3) is 5.91 Å². The van der Waals surface area contributed by atoms with E-state index in [1.54, 1.807) is 13.0 Å². The predicted molar refractivity (Wildman–Crippen MR) is 123 cm³/mol. The number of carbonyl (C=O) groups is 1. The maximum absolute atomic E-state index is 14.4. The van der Waals surface area contributed by atoms with Crippen molar-refractivity contribution in [2.75, 3.05) is 5.32 Å². The molecule has 1 aliphatic heterocycles. The van der Waals surface area contributed by atoms with E-state index >= 15 is 0 Å². The molecule has 184 valence electrons. The zero-order valence-corrected chi connectivity index (χ0v) is 19.1. The second kappa shape index (κ2) is 9.73. The maximum Gasteiger partial charge on any atom is 0.274 e. The molecule has 1 saturated heterocycles. The van der Waals surface area contributed by atoms with E-state index in [2.05, 4.69) is 15.3 Å². The number of carbonyl (C=O) groups excluding carboxylic acids is 1. The number of aromatic nitrogens is 2. The first-order valence-corrected chi connectivity index (χ1v) is 11.1. The van der Waals surface area contributed by atoms with Crippen LogP contribution in [0.3, 0.4) is 0 Å². The van der Waals surface area contributed by atoms with Crippen LogP contribution in [0.1, 0.15) is 48.8 Å². The van der Waals surface area contributed by atoms with Gasteiger partial charge >= 0.3 is 0 Å². The van der Waals surface area contributed by atoms with Gasteiger partial charge in [-0.1, -0.05) is 13.0 Å². The van der Waals surface area contributed by atoms with Crippen molar-refractivity contribution in [3.63, 3.8) is 0 Å². The van der Waals surface area contributed by atoms with E-state index in [1.807, 2.05) is 6.92 Å². The summed E-state index contributed by atoms with van der Waals surface area (Å²) in [7, 11) is 0. The van der Waals surface area contributed by atoms with Crippen molar-refractivity contribution >= 4 is 11.6 Å². The molecule has 1 fully saturated rings. The highest BCUT2D eigenvalue weighted by molar-refractivity contribution is 6.03. The summed E-state index contributed by atoms with van der Waals surface area (Å²) < 4.78 is 48.9. The van der Waals surface area contributed by atoms with Crippen LogP contribution in [-0.2, 0) is 4.74 Å². The van der Waals surface area contributed by atoms with E-state index < -0.39 is 58.5 Å². The number of amides is 1. The first kappa shape index (κ1) is 24.8. The van der Waals surface area contributed by atoms with E-state index in [9.17, 15) is 23.1 Å². The molecule has 7 nitrogen and oxygen atoms in total. The summed E-state index contributed by atoms with van der Waals surface area (Å²) in [6, 6.07) is 6.23. The molecule has 2 aromatic heterocycles. The minimum Gasteiger partial charge on any atom is -0.386 e. The van der Waals surface area contributed by atoms with Crippen LogP contribution in [0.15, 0.2) is 48.8 Å². The van der Waals surface area contributed by atoms with E-state index in [4.69, 9.17) is 10.5 Å². The fourth-order valence-electron chi connectivity index (χ4n) is 4.25. The molecule has 1 amide bonds. The Balaban J connectivity index is 1.63. The zero-order valence-electron chi connectivity index (χ0n) is 19.1. The molecule has 0 aliphatic carbocycles. The molecule has 1 aromatic carbocycles. The molecule has 4 N–H and O–H groups in total. The van der Waals surface area contributed by atoms with Gasteiger partial charge in [0.05, 0.1) is 29.7 Å². The molecule has 10 heteroatoms. The Labute approximate surface area is 200 Å². The van der Waals surface area contributed by atoms with Crippen molar-refractivity contribution in [3.8, 4) is 11.3 Å². The second-order valence-corrected chi connectivity index (χ2v) is 8.63. The Morgan fingerprint density at radius 3 is 2.60 bits per heavy atom. The fraction of sp³-hybridized carbons (Fsp3) is 0.320. The van der Waals surface area contributed by atoms with Crippen molar-refractivity contribution < 1.29 is 27.8 Å².